The van der Waals surface area contributed by atoms with E-state index in [2.05, 4.69) is 40.3 Å². The topological polar surface area (TPSA) is 29.1 Å². The summed E-state index contributed by atoms with van der Waals surface area (Å²) in [4.78, 5) is 11.9. The number of hydrogen-bond donors (Lipinski definition) is 1. The van der Waals surface area contributed by atoms with E-state index in [1.807, 2.05) is 30.3 Å². The van der Waals surface area contributed by atoms with Crippen molar-refractivity contribution in [3.63, 3.8) is 0 Å². The number of benzene rings is 2. The molecule has 102 valence electrons. The molecule has 0 fully saturated rings. The highest BCUT2D eigenvalue weighted by Crippen LogP contribution is 2.12. The van der Waals surface area contributed by atoms with Gasteiger partial charge in [0.05, 0.1) is 0 Å². The zero-order valence-corrected chi connectivity index (χ0v) is 12.8. The third kappa shape index (κ3) is 4.07. The molecule has 2 aromatic carbocycles. The van der Waals surface area contributed by atoms with Gasteiger partial charge in [0.1, 0.15) is 0 Å². The number of hydrogen-bond acceptors (Lipinski definition) is 2. The SMILES string of the molecule is CC(N/C=C/C(=O)c1ccc(Br)cc1)c1ccccc1. The monoisotopic (exact) mass is 329 g/mol. The summed E-state index contributed by atoms with van der Waals surface area (Å²) in [5.41, 5.74) is 1.87. The molecular formula is C17H16BrNO. The summed E-state index contributed by atoms with van der Waals surface area (Å²) in [6.07, 6.45) is 3.27. The summed E-state index contributed by atoms with van der Waals surface area (Å²) in [5, 5.41) is 3.20. The molecule has 2 nitrogen and oxygen atoms in total. The molecule has 0 aliphatic heterocycles. The highest BCUT2D eigenvalue weighted by Gasteiger charge is 2.03. The molecule has 0 aliphatic rings. The largest absolute Gasteiger partial charge is 0.384 e. The Balaban J connectivity index is 1.93. The standard InChI is InChI=1S/C17H16BrNO/c1-13(14-5-3-2-4-6-14)19-12-11-17(20)15-7-9-16(18)10-8-15/h2-13,19H,1H3/b12-11+. The van der Waals surface area contributed by atoms with Crippen molar-refractivity contribution in [2.75, 3.05) is 0 Å². The van der Waals surface area contributed by atoms with Crippen molar-refractivity contribution in [1.29, 1.82) is 0 Å². The first-order valence-corrected chi connectivity index (χ1v) is 7.23. The van der Waals surface area contributed by atoms with Gasteiger partial charge in [-0.15, -0.1) is 0 Å². The molecule has 0 heterocycles. The van der Waals surface area contributed by atoms with Crippen LogP contribution in [-0.2, 0) is 0 Å². The molecular weight excluding hydrogens is 314 g/mol. The van der Waals surface area contributed by atoms with Crippen LogP contribution in [0.3, 0.4) is 0 Å². The fraction of sp³-hybridized carbons (Fsp3) is 0.118. The minimum absolute atomic E-state index is 0.00902. The van der Waals surface area contributed by atoms with Gasteiger partial charge in [0.25, 0.3) is 0 Å². The predicted molar refractivity (Wildman–Crippen MR) is 85.6 cm³/mol. The lowest BCUT2D eigenvalue weighted by atomic mass is 10.1. The van der Waals surface area contributed by atoms with Crippen LogP contribution in [0.15, 0.2) is 71.3 Å². The quantitative estimate of drug-likeness (QED) is 0.646. The molecule has 1 unspecified atom stereocenters. The molecule has 0 aliphatic carbocycles. The zero-order valence-electron chi connectivity index (χ0n) is 11.2. The second kappa shape index (κ2) is 7.06. The van der Waals surface area contributed by atoms with E-state index in [0.717, 1.165) is 4.47 Å². The summed E-state index contributed by atoms with van der Waals surface area (Å²) in [5.74, 6) is -0.00902. The van der Waals surface area contributed by atoms with Crippen LogP contribution >= 0.6 is 15.9 Å². The van der Waals surface area contributed by atoms with E-state index in [-0.39, 0.29) is 11.8 Å². The molecule has 2 aromatic rings. The number of nitrogens with one attached hydrogen (secondary N) is 1. The fourth-order valence-electron chi connectivity index (χ4n) is 1.82. The van der Waals surface area contributed by atoms with Crippen molar-refractivity contribution >= 4 is 21.7 Å². The first kappa shape index (κ1) is 14.5. The van der Waals surface area contributed by atoms with Gasteiger partial charge in [0, 0.05) is 28.4 Å². The second-order valence-electron chi connectivity index (χ2n) is 4.50. The molecule has 3 heteroatoms. The highest BCUT2D eigenvalue weighted by atomic mass is 79.9. The van der Waals surface area contributed by atoms with Gasteiger partial charge in [-0.05, 0) is 36.8 Å². The van der Waals surface area contributed by atoms with Crippen LogP contribution in [0.25, 0.3) is 0 Å². The lowest BCUT2D eigenvalue weighted by Gasteiger charge is -2.11. The maximum absolute atomic E-state index is 11.9. The maximum Gasteiger partial charge on any atom is 0.187 e. The van der Waals surface area contributed by atoms with Crippen LogP contribution < -0.4 is 5.32 Å². The van der Waals surface area contributed by atoms with Crippen molar-refractivity contribution in [3.8, 4) is 0 Å². The number of halogens is 1. The van der Waals surface area contributed by atoms with Crippen LogP contribution in [-0.4, -0.2) is 5.78 Å². The average Bonchev–Trinajstić information content (AvgIpc) is 2.48. The van der Waals surface area contributed by atoms with Crippen LogP contribution in [0.5, 0.6) is 0 Å². The van der Waals surface area contributed by atoms with Crippen LogP contribution in [0, 0.1) is 0 Å². The molecule has 0 radical (unpaired) electrons. The molecule has 1 atom stereocenters. The molecule has 0 aromatic heterocycles. The number of allylic oxidation sites excluding steroid dienone is 1. The summed E-state index contributed by atoms with van der Waals surface area (Å²) < 4.78 is 0.967. The Kier molecular flexibility index (Phi) is 5.13. The number of carbonyl (C=O) groups excluding carboxylic acids is 1. The normalized spacial score (nSPS) is 12.3. The number of rotatable bonds is 5. The van der Waals surface area contributed by atoms with Gasteiger partial charge in [0.15, 0.2) is 5.78 Å². The van der Waals surface area contributed by atoms with E-state index in [9.17, 15) is 4.79 Å². The average molecular weight is 330 g/mol. The summed E-state index contributed by atoms with van der Waals surface area (Å²) >= 11 is 3.35. The van der Waals surface area contributed by atoms with Gasteiger partial charge in [0.2, 0.25) is 0 Å². The second-order valence-corrected chi connectivity index (χ2v) is 5.42. The maximum atomic E-state index is 11.9. The minimum Gasteiger partial charge on any atom is -0.384 e. The van der Waals surface area contributed by atoms with E-state index < -0.39 is 0 Å². The zero-order chi connectivity index (χ0) is 14.4. The minimum atomic E-state index is -0.00902. The van der Waals surface area contributed by atoms with Crippen molar-refractivity contribution in [3.05, 3.63) is 82.5 Å². The predicted octanol–water partition coefficient (Wildman–Crippen LogP) is 4.50. The van der Waals surface area contributed by atoms with Gasteiger partial charge in [-0.3, -0.25) is 4.79 Å². The van der Waals surface area contributed by atoms with Crippen molar-refractivity contribution < 1.29 is 4.79 Å². The molecule has 2 rings (SSSR count). The summed E-state index contributed by atoms with van der Waals surface area (Å²) in [6, 6.07) is 17.6. The molecule has 1 N–H and O–H groups in total. The van der Waals surface area contributed by atoms with Gasteiger partial charge in [-0.25, -0.2) is 0 Å². The Hall–Kier alpha value is -1.87. The summed E-state index contributed by atoms with van der Waals surface area (Å²) in [6.45, 7) is 2.06. The van der Waals surface area contributed by atoms with Crippen molar-refractivity contribution in [2.24, 2.45) is 0 Å². The molecule has 20 heavy (non-hydrogen) atoms. The third-order valence-electron chi connectivity index (χ3n) is 3.01. The Morgan fingerprint density at radius 1 is 1.10 bits per heavy atom. The van der Waals surface area contributed by atoms with Crippen LogP contribution in [0.2, 0.25) is 0 Å². The Bertz CT molecular complexity index is 590. The van der Waals surface area contributed by atoms with E-state index in [0.29, 0.717) is 5.56 Å². The Labute approximate surface area is 127 Å². The molecule has 0 saturated carbocycles. The van der Waals surface area contributed by atoms with Crippen molar-refractivity contribution in [1.82, 2.24) is 5.32 Å². The van der Waals surface area contributed by atoms with E-state index in [1.54, 1.807) is 24.4 Å². The van der Waals surface area contributed by atoms with Gasteiger partial charge < -0.3 is 5.32 Å². The molecule has 0 saturated heterocycles. The van der Waals surface area contributed by atoms with Crippen molar-refractivity contribution in [2.45, 2.75) is 13.0 Å². The molecule has 0 amide bonds. The lowest BCUT2D eigenvalue weighted by Crippen LogP contribution is -2.12. The lowest BCUT2D eigenvalue weighted by molar-refractivity contribution is 0.104. The van der Waals surface area contributed by atoms with E-state index in [4.69, 9.17) is 0 Å². The Morgan fingerprint density at radius 3 is 2.40 bits per heavy atom. The smallest absolute Gasteiger partial charge is 0.187 e. The fourth-order valence-corrected chi connectivity index (χ4v) is 2.08. The van der Waals surface area contributed by atoms with Gasteiger partial charge in [-0.2, -0.15) is 0 Å². The first-order chi connectivity index (χ1) is 9.66. The number of carbonyl (C=O) groups is 1. The van der Waals surface area contributed by atoms with Gasteiger partial charge in [-0.1, -0.05) is 46.3 Å². The molecule has 0 bridgehead atoms. The first-order valence-electron chi connectivity index (χ1n) is 6.44. The van der Waals surface area contributed by atoms with E-state index in [1.165, 1.54) is 5.56 Å². The highest BCUT2D eigenvalue weighted by molar-refractivity contribution is 9.10. The van der Waals surface area contributed by atoms with Crippen LogP contribution in [0.4, 0.5) is 0 Å². The third-order valence-corrected chi connectivity index (χ3v) is 3.54. The molecule has 0 spiro atoms. The summed E-state index contributed by atoms with van der Waals surface area (Å²) in [7, 11) is 0. The van der Waals surface area contributed by atoms with Crippen LogP contribution in [0.1, 0.15) is 28.9 Å². The van der Waals surface area contributed by atoms with Gasteiger partial charge >= 0.3 is 0 Å². The van der Waals surface area contributed by atoms with E-state index >= 15 is 0 Å². The Morgan fingerprint density at radius 2 is 1.75 bits per heavy atom. The number of ketones is 1.